The summed E-state index contributed by atoms with van der Waals surface area (Å²) in [5, 5.41) is 9.11. The van der Waals surface area contributed by atoms with Crippen molar-refractivity contribution in [3.8, 4) is 11.5 Å². The third-order valence-corrected chi connectivity index (χ3v) is 2.35. The number of aliphatic hydroxyl groups is 1. The van der Waals surface area contributed by atoms with E-state index in [0.717, 1.165) is 0 Å². The molecule has 0 spiro atoms. The van der Waals surface area contributed by atoms with Gasteiger partial charge in [-0.2, -0.15) is 0 Å². The highest BCUT2D eigenvalue weighted by Crippen LogP contribution is 2.36. The molecule has 0 radical (unpaired) electrons. The molecule has 0 saturated heterocycles. The largest absolute Gasteiger partial charge is 0.522 e. The lowest BCUT2D eigenvalue weighted by Gasteiger charge is -2.14. The maximum absolute atomic E-state index is 11.7. The van der Waals surface area contributed by atoms with E-state index in [1.165, 1.54) is 19.2 Å². The van der Waals surface area contributed by atoms with Gasteiger partial charge in [-0.15, -0.1) is 13.2 Å². The van der Waals surface area contributed by atoms with Gasteiger partial charge in [-0.3, -0.25) is 4.74 Å². The molecule has 1 aromatic carbocycles. The lowest BCUT2D eigenvalue weighted by Crippen LogP contribution is -2.18. The molecular weight excluding hydrogens is 289 g/mol. The molecule has 0 bridgehead atoms. The molecule has 0 unspecified atom stereocenters. The predicted octanol–water partition coefficient (Wildman–Crippen LogP) is 2.76. The summed E-state index contributed by atoms with van der Waals surface area (Å²) >= 11 is 5.88. The molecule has 4 nitrogen and oxygen atoms in total. The Morgan fingerprint density at radius 3 is 2.47 bits per heavy atom. The first kappa shape index (κ1) is 15.9. The van der Waals surface area contributed by atoms with Crippen LogP contribution in [0.2, 0.25) is 5.02 Å². The molecule has 0 aliphatic heterocycles. The second kappa shape index (κ2) is 6.83. The molecule has 1 N–H and O–H groups in total. The van der Waals surface area contributed by atoms with Gasteiger partial charge in [0.25, 0.3) is 0 Å². The molecule has 0 saturated carbocycles. The summed E-state index contributed by atoms with van der Waals surface area (Å²) in [5.74, 6) is 0.329. The van der Waals surface area contributed by atoms with Gasteiger partial charge in [0.05, 0.1) is 25.3 Å². The number of benzene rings is 1. The van der Waals surface area contributed by atoms with Crippen LogP contribution >= 0.6 is 11.6 Å². The van der Waals surface area contributed by atoms with Crippen molar-refractivity contribution in [1.82, 2.24) is 0 Å². The molecule has 108 valence electrons. The van der Waals surface area contributed by atoms with Crippen LogP contribution in [-0.4, -0.2) is 31.8 Å². The van der Waals surface area contributed by atoms with Crippen molar-refractivity contribution < 1.29 is 32.5 Å². The zero-order valence-corrected chi connectivity index (χ0v) is 10.7. The van der Waals surface area contributed by atoms with E-state index in [9.17, 15) is 13.2 Å². The Kier molecular flexibility index (Phi) is 5.71. The minimum Gasteiger partial charge on any atom is -0.493 e. The Morgan fingerprint density at radius 2 is 1.95 bits per heavy atom. The van der Waals surface area contributed by atoms with Gasteiger partial charge in [0.1, 0.15) is 6.61 Å². The quantitative estimate of drug-likeness (QED) is 0.821. The van der Waals surface area contributed by atoms with Crippen molar-refractivity contribution in [3.05, 3.63) is 22.7 Å². The number of halogens is 4. The molecule has 1 rings (SSSR count). The normalized spacial score (nSPS) is 11.5. The summed E-state index contributed by atoms with van der Waals surface area (Å²) in [6.07, 6.45) is -4.70. The molecule has 19 heavy (non-hydrogen) atoms. The number of ether oxygens (including phenoxy) is 3. The van der Waals surface area contributed by atoms with Crippen LogP contribution in [0.1, 0.15) is 5.56 Å². The van der Waals surface area contributed by atoms with Gasteiger partial charge in [-0.25, -0.2) is 0 Å². The molecule has 0 atom stereocenters. The third kappa shape index (κ3) is 5.14. The van der Waals surface area contributed by atoms with Gasteiger partial charge in [0.2, 0.25) is 0 Å². The summed E-state index contributed by atoms with van der Waals surface area (Å²) in [6.45, 7) is -1.24. The Bertz CT molecular complexity index is 423. The average Bonchev–Trinajstić information content (AvgIpc) is 2.34. The van der Waals surface area contributed by atoms with Gasteiger partial charge in [-0.05, 0) is 17.7 Å². The van der Waals surface area contributed by atoms with Crippen LogP contribution in [0.4, 0.5) is 13.2 Å². The van der Waals surface area contributed by atoms with Crippen LogP contribution in [0.3, 0.4) is 0 Å². The number of methoxy groups -OCH3 is 1. The van der Waals surface area contributed by atoms with E-state index in [4.69, 9.17) is 26.2 Å². The topological polar surface area (TPSA) is 47.9 Å². The Balaban J connectivity index is 2.67. The maximum Gasteiger partial charge on any atom is 0.522 e. The van der Waals surface area contributed by atoms with Crippen LogP contribution in [0.5, 0.6) is 11.5 Å². The van der Waals surface area contributed by atoms with Crippen molar-refractivity contribution in [3.63, 3.8) is 0 Å². The van der Waals surface area contributed by atoms with Gasteiger partial charge < -0.3 is 14.6 Å². The molecular formula is C11H12ClF3O4. The van der Waals surface area contributed by atoms with Gasteiger partial charge in [0.15, 0.2) is 11.5 Å². The third-order valence-electron chi connectivity index (χ3n) is 2.07. The monoisotopic (exact) mass is 300 g/mol. The Morgan fingerprint density at radius 1 is 1.26 bits per heavy atom. The van der Waals surface area contributed by atoms with E-state index in [1.807, 2.05) is 0 Å². The van der Waals surface area contributed by atoms with Crippen molar-refractivity contribution in [2.45, 2.75) is 13.0 Å². The van der Waals surface area contributed by atoms with E-state index >= 15 is 0 Å². The summed E-state index contributed by atoms with van der Waals surface area (Å²) in [6, 6.07) is 2.91. The highest BCUT2D eigenvalue weighted by atomic mass is 35.5. The highest BCUT2D eigenvalue weighted by Gasteiger charge is 2.28. The number of rotatable bonds is 6. The first-order valence-electron chi connectivity index (χ1n) is 5.18. The summed E-state index contributed by atoms with van der Waals surface area (Å²) in [5.41, 5.74) is 0.501. The number of aliphatic hydroxyl groups excluding tert-OH is 1. The van der Waals surface area contributed by atoms with Crippen molar-refractivity contribution in [2.75, 3.05) is 20.3 Å². The fourth-order valence-corrected chi connectivity index (χ4v) is 1.59. The highest BCUT2D eigenvalue weighted by molar-refractivity contribution is 6.32. The zero-order chi connectivity index (χ0) is 14.5. The van der Waals surface area contributed by atoms with E-state index in [0.29, 0.717) is 5.56 Å². The molecule has 0 amide bonds. The molecule has 0 fully saturated rings. The smallest absolute Gasteiger partial charge is 0.493 e. The lowest BCUT2D eigenvalue weighted by atomic mass is 10.2. The fraction of sp³-hybridized carbons (Fsp3) is 0.455. The van der Waals surface area contributed by atoms with Gasteiger partial charge >= 0.3 is 6.36 Å². The maximum atomic E-state index is 11.7. The second-order valence-corrected chi connectivity index (χ2v) is 3.82. The van der Waals surface area contributed by atoms with Crippen LogP contribution in [-0.2, 0) is 11.3 Å². The zero-order valence-electron chi connectivity index (χ0n) is 9.96. The van der Waals surface area contributed by atoms with Crippen LogP contribution < -0.4 is 9.47 Å². The molecule has 1 aromatic rings. The van der Waals surface area contributed by atoms with E-state index in [-0.39, 0.29) is 29.7 Å². The Labute approximate surface area is 112 Å². The first-order valence-corrected chi connectivity index (χ1v) is 5.56. The van der Waals surface area contributed by atoms with Crippen molar-refractivity contribution in [1.29, 1.82) is 0 Å². The van der Waals surface area contributed by atoms with Crippen molar-refractivity contribution in [2.24, 2.45) is 0 Å². The van der Waals surface area contributed by atoms with Crippen LogP contribution in [0, 0.1) is 0 Å². The minimum absolute atomic E-state index is 0.104. The molecule has 0 aliphatic carbocycles. The average molecular weight is 301 g/mol. The minimum atomic E-state index is -4.70. The predicted molar refractivity (Wildman–Crippen MR) is 61.4 cm³/mol. The van der Waals surface area contributed by atoms with E-state index in [2.05, 4.69) is 4.74 Å². The van der Waals surface area contributed by atoms with Crippen molar-refractivity contribution >= 4 is 11.6 Å². The molecule has 0 heterocycles. The number of hydrogen-bond donors (Lipinski definition) is 1. The summed E-state index contributed by atoms with van der Waals surface area (Å²) in [4.78, 5) is 0. The van der Waals surface area contributed by atoms with E-state index < -0.39 is 13.0 Å². The second-order valence-electron chi connectivity index (χ2n) is 3.41. The van der Waals surface area contributed by atoms with Gasteiger partial charge in [-0.1, -0.05) is 11.6 Å². The van der Waals surface area contributed by atoms with Crippen LogP contribution in [0.15, 0.2) is 12.1 Å². The van der Waals surface area contributed by atoms with Gasteiger partial charge in [0, 0.05) is 0 Å². The molecule has 8 heteroatoms. The molecule has 0 aromatic heterocycles. The fourth-order valence-electron chi connectivity index (χ4n) is 1.31. The Hall–Kier alpha value is -1.18. The number of alkyl halides is 3. The summed E-state index contributed by atoms with van der Waals surface area (Å²) in [7, 11) is 1.35. The lowest BCUT2D eigenvalue weighted by molar-refractivity contribution is -0.325. The number of hydrogen-bond acceptors (Lipinski definition) is 4. The first-order chi connectivity index (χ1) is 8.87. The SMILES string of the molecule is COc1cc(CO)cc(Cl)c1OCCOC(F)(F)F. The van der Waals surface area contributed by atoms with E-state index in [1.54, 1.807) is 0 Å². The molecule has 0 aliphatic rings. The standard InChI is InChI=1S/C11H12ClF3O4/c1-17-9-5-7(6-16)4-8(12)10(9)18-2-3-19-11(13,14)15/h4-5,16H,2-3,6H2,1H3. The summed E-state index contributed by atoms with van der Waals surface area (Å²) < 4.78 is 48.9. The van der Waals surface area contributed by atoms with Crippen LogP contribution in [0.25, 0.3) is 0 Å².